The molecule has 0 aliphatic heterocycles. The maximum absolute atomic E-state index is 12.7. The van der Waals surface area contributed by atoms with E-state index in [9.17, 15) is 4.79 Å². The number of nitrogens with one attached hydrogen (secondary N) is 1. The van der Waals surface area contributed by atoms with E-state index >= 15 is 0 Å². The molecular weight excluding hydrogens is 326 g/mol. The first-order valence-electron chi connectivity index (χ1n) is 8.71. The SMILES string of the molecule is CCn1nc(C(=O)NC(C)c2ccccc2)cc1-c1ccccc1OC. The van der Waals surface area contributed by atoms with E-state index in [1.54, 1.807) is 7.11 Å². The van der Waals surface area contributed by atoms with Gasteiger partial charge in [-0.1, -0.05) is 42.5 Å². The van der Waals surface area contributed by atoms with Crippen molar-refractivity contribution in [1.82, 2.24) is 15.1 Å². The Kier molecular flexibility index (Phi) is 5.37. The van der Waals surface area contributed by atoms with Crippen molar-refractivity contribution in [3.8, 4) is 17.0 Å². The molecule has 0 saturated carbocycles. The summed E-state index contributed by atoms with van der Waals surface area (Å²) < 4.78 is 7.27. The summed E-state index contributed by atoms with van der Waals surface area (Å²) in [7, 11) is 1.64. The number of para-hydroxylation sites is 1. The average molecular weight is 349 g/mol. The van der Waals surface area contributed by atoms with Gasteiger partial charge in [0.05, 0.1) is 18.8 Å². The van der Waals surface area contributed by atoms with Crippen LogP contribution in [0.1, 0.15) is 35.9 Å². The fraction of sp³-hybridized carbons (Fsp3) is 0.238. The number of aromatic nitrogens is 2. The number of nitrogens with zero attached hydrogens (tertiary/aromatic N) is 2. The number of methoxy groups -OCH3 is 1. The van der Waals surface area contributed by atoms with Gasteiger partial charge in [-0.3, -0.25) is 9.48 Å². The predicted molar refractivity (Wildman–Crippen MR) is 102 cm³/mol. The van der Waals surface area contributed by atoms with Gasteiger partial charge in [-0.15, -0.1) is 0 Å². The maximum Gasteiger partial charge on any atom is 0.272 e. The van der Waals surface area contributed by atoms with Crippen LogP contribution in [0.25, 0.3) is 11.3 Å². The molecule has 0 aliphatic rings. The second-order valence-electron chi connectivity index (χ2n) is 6.04. The Morgan fingerprint density at radius 2 is 1.85 bits per heavy atom. The van der Waals surface area contributed by atoms with Gasteiger partial charge in [-0.2, -0.15) is 5.10 Å². The van der Waals surface area contributed by atoms with Gasteiger partial charge < -0.3 is 10.1 Å². The molecule has 3 aromatic rings. The summed E-state index contributed by atoms with van der Waals surface area (Å²) in [6, 6.07) is 19.3. The Morgan fingerprint density at radius 1 is 1.15 bits per heavy atom. The first kappa shape index (κ1) is 17.7. The lowest BCUT2D eigenvalue weighted by atomic mass is 10.1. The second kappa shape index (κ2) is 7.87. The molecule has 1 amide bonds. The van der Waals surface area contributed by atoms with Gasteiger partial charge in [-0.25, -0.2) is 0 Å². The molecule has 5 nitrogen and oxygen atoms in total. The molecule has 1 atom stereocenters. The Morgan fingerprint density at radius 3 is 2.54 bits per heavy atom. The molecule has 5 heteroatoms. The molecule has 134 valence electrons. The molecule has 0 spiro atoms. The molecule has 0 bridgehead atoms. The molecule has 2 aromatic carbocycles. The minimum Gasteiger partial charge on any atom is -0.496 e. The quantitative estimate of drug-likeness (QED) is 0.730. The van der Waals surface area contributed by atoms with Gasteiger partial charge >= 0.3 is 0 Å². The highest BCUT2D eigenvalue weighted by Crippen LogP contribution is 2.30. The molecular formula is C21H23N3O2. The fourth-order valence-electron chi connectivity index (χ4n) is 2.94. The zero-order valence-corrected chi connectivity index (χ0v) is 15.3. The van der Waals surface area contributed by atoms with Gasteiger partial charge in [0.25, 0.3) is 5.91 Å². The molecule has 3 rings (SSSR count). The smallest absolute Gasteiger partial charge is 0.272 e. The number of carbonyl (C=O) groups excluding carboxylic acids is 1. The third kappa shape index (κ3) is 3.61. The minimum atomic E-state index is -0.190. The molecule has 1 heterocycles. The lowest BCUT2D eigenvalue weighted by Gasteiger charge is -2.13. The summed E-state index contributed by atoms with van der Waals surface area (Å²) in [5.41, 5.74) is 3.23. The van der Waals surface area contributed by atoms with E-state index in [4.69, 9.17) is 4.74 Å². The van der Waals surface area contributed by atoms with E-state index in [-0.39, 0.29) is 11.9 Å². The number of aryl methyl sites for hydroxylation is 1. The van der Waals surface area contributed by atoms with E-state index in [0.29, 0.717) is 12.2 Å². The van der Waals surface area contributed by atoms with Crippen molar-refractivity contribution < 1.29 is 9.53 Å². The molecule has 0 fully saturated rings. The Balaban J connectivity index is 1.87. The van der Waals surface area contributed by atoms with Crippen LogP contribution in [0.3, 0.4) is 0 Å². The topological polar surface area (TPSA) is 56.2 Å². The highest BCUT2D eigenvalue weighted by molar-refractivity contribution is 5.94. The average Bonchev–Trinajstić information content (AvgIpc) is 3.13. The molecule has 1 unspecified atom stereocenters. The third-order valence-corrected chi connectivity index (χ3v) is 4.34. The molecule has 1 N–H and O–H groups in total. The van der Waals surface area contributed by atoms with Crippen molar-refractivity contribution in [3.05, 3.63) is 71.9 Å². The van der Waals surface area contributed by atoms with E-state index in [0.717, 1.165) is 22.6 Å². The van der Waals surface area contributed by atoms with Gasteiger partial charge in [-0.05, 0) is 37.6 Å². The summed E-state index contributed by atoms with van der Waals surface area (Å²) in [5.74, 6) is 0.566. The van der Waals surface area contributed by atoms with Crippen LogP contribution in [0.4, 0.5) is 0 Å². The van der Waals surface area contributed by atoms with Crippen LogP contribution in [0.15, 0.2) is 60.7 Å². The van der Waals surface area contributed by atoms with Gasteiger partial charge in [0.15, 0.2) is 5.69 Å². The van der Waals surface area contributed by atoms with Crippen LogP contribution in [-0.2, 0) is 6.54 Å². The summed E-state index contributed by atoms with van der Waals surface area (Å²) in [5, 5.41) is 7.49. The number of hydrogen-bond donors (Lipinski definition) is 1. The number of carbonyl (C=O) groups is 1. The zero-order valence-electron chi connectivity index (χ0n) is 15.3. The largest absolute Gasteiger partial charge is 0.496 e. The Hall–Kier alpha value is -3.08. The standard InChI is InChI=1S/C21H23N3O2/c1-4-24-19(17-12-8-9-13-20(17)26-3)14-18(23-24)21(25)22-15(2)16-10-6-5-7-11-16/h5-15H,4H2,1-3H3,(H,22,25). The van der Waals surface area contributed by atoms with Crippen LogP contribution in [0.5, 0.6) is 5.75 Å². The first-order chi connectivity index (χ1) is 12.6. The van der Waals surface area contributed by atoms with Crippen molar-refractivity contribution in [3.63, 3.8) is 0 Å². The lowest BCUT2D eigenvalue weighted by molar-refractivity contribution is 0.0934. The maximum atomic E-state index is 12.7. The monoisotopic (exact) mass is 349 g/mol. The highest BCUT2D eigenvalue weighted by Gasteiger charge is 2.18. The van der Waals surface area contributed by atoms with E-state index in [1.165, 1.54) is 0 Å². The van der Waals surface area contributed by atoms with E-state index < -0.39 is 0 Å². The van der Waals surface area contributed by atoms with E-state index in [1.807, 2.05) is 79.2 Å². The number of hydrogen-bond acceptors (Lipinski definition) is 3. The number of benzene rings is 2. The molecule has 0 saturated heterocycles. The second-order valence-corrected chi connectivity index (χ2v) is 6.04. The van der Waals surface area contributed by atoms with Gasteiger partial charge in [0.1, 0.15) is 5.75 Å². The number of rotatable bonds is 6. The van der Waals surface area contributed by atoms with E-state index in [2.05, 4.69) is 10.4 Å². The number of amides is 1. The Labute approximate surface area is 153 Å². The van der Waals surface area contributed by atoms with Gasteiger partial charge in [0, 0.05) is 12.1 Å². The van der Waals surface area contributed by atoms with Crippen molar-refractivity contribution >= 4 is 5.91 Å². The summed E-state index contributed by atoms with van der Waals surface area (Å²) in [6.07, 6.45) is 0. The molecule has 0 aliphatic carbocycles. The van der Waals surface area contributed by atoms with Crippen molar-refractivity contribution in [2.24, 2.45) is 0 Å². The number of ether oxygens (including phenoxy) is 1. The highest BCUT2D eigenvalue weighted by atomic mass is 16.5. The van der Waals surface area contributed by atoms with Crippen molar-refractivity contribution in [2.75, 3.05) is 7.11 Å². The van der Waals surface area contributed by atoms with Crippen LogP contribution in [0, 0.1) is 0 Å². The lowest BCUT2D eigenvalue weighted by Crippen LogP contribution is -2.27. The van der Waals surface area contributed by atoms with Crippen LogP contribution in [-0.4, -0.2) is 22.8 Å². The summed E-state index contributed by atoms with van der Waals surface area (Å²) in [4.78, 5) is 12.7. The Bertz CT molecular complexity index is 887. The predicted octanol–water partition coefficient (Wildman–Crippen LogP) is 4.07. The van der Waals surface area contributed by atoms with Crippen molar-refractivity contribution in [2.45, 2.75) is 26.4 Å². The fourth-order valence-corrected chi connectivity index (χ4v) is 2.94. The van der Waals surface area contributed by atoms with Crippen LogP contribution in [0.2, 0.25) is 0 Å². The van der Waals surface area contributed by atoms with Gasteiger partial charge in [0.2, 0.25) is 0 Å². The molecule has 1 aromatic heterocycles. The molecule has 26 heavy (non-hydrogen) atoms. The minimum absolute atomic E-state index is 0.0924. The zero-order chi connectivity index (χ0) is 18.5. The van der Waals surface area contributed by atoms with Crippen LogP contribution >= 0.6 is 0 Å². The molecule has 0 radical (unpaired) electrons. The van der Waals surface area contributed by atoms with Crippen LogP contribution < -0.4 is 10.1 Å². The first-order valence-corrected chi connectivity index (χ1v) is 8.71. The normalized spacial score (nSPS) is 11.8. The third-order valence-electron chi connectivity index (χ3n) is 4.34. The summed E-state index contributed by atoms with van der Waals surface area (Å²) >= 11 is 0. The summed E-state index contributed by atoms with van der Waals surface area (Å²) in [6.45, 7) is 4.63. The van der Waals surface area contributed by atoms with Crippen molar-refractivity contribution in [1.29, 1.82) is 0 Å².